The van der Waals surface area contributed by atoms with Crippen LogP contribution in [0.25, 0.3) is 0 Å². The van der Waals surface area contributed by atoms with E-state index in [1.165, 1.54) is 4.90 Å². The Morgan fingerprint density at radius 3 is 2.27 bits per heavy atom. The average molecular weight is 371 g/mol. The van der Waals surface area contributed by atoms with Gasteiger partial charge in [0.15, 0.2) is 6.04 Å². The van der Waals surface area contributed by atoms with E-state index in [9.17, 15) is 27.9 Å². The number of halogens is 3. The molecular weight excluding hydrogens is 351 g/mol. The highest BCUT2D eigenvalue weighted by atomic mass is 19.4. The van der Waals surface area contributed by atoms with Crippen LogP contribution in [0.1, 0.15) is 48.5 Å². The SMILES string of the molecule is CC1CCC2(CC1)OC[C@@H](C(=O)O)N2C(=O)c1ccc(C(F)(F)F)cc1. The van der Waals surface area contributed by atoms with E-state index in [0.717, 1.165) is 37.1 Å². The molecule has 5 nitrogen and oxygen atoms in total. The molecule has 1 aliphatic carbocycles. The van der Waals surface area contributed by atoms with Gasteiger partial charge in [-0.2, -0.15) is 13.2 Å². The van der Waals surface area contributed by atoms with E-state index in [1.54, 1.807) is 0 Å². The van der Waals surface area contributed by atoms with Gasteiger partial charge in [-0.25, -0.2) is 4.79 Å². The number of carboxylic acids is 1. The Kier molecular flexibility index (Phi) is 4.72. The molecule has 1 saturated heterocycles. The van der Waals surface area contributed by atoms with E-state index in [4.69, 9.17) is 4.74 Å². The molecule has 1 spiro atoms. The minimum atomic E-state index is -4.50. The van der Waals surface area contributed by atoms with Gasteiger partial charge in [-0.15, -0.1) is 0 Å². The van der Waals surface area contributed by atoms with Crippen molar-refractivity contribution in [2.24, 2.45) is 5.92 Å². The molecule has 26 heavy (non-hydrogen) atoms. The van der Waals surface area contributed by atoms with Crippen LogP contribution < -0.4 is 0 Å². The Labute approximate surface area is 148 Å². The lowest BCUT2D eigenvalue weighted by Crippen LogP contribution is -2.55. The lowest BCUT2D eigenvalue weighted by molar-refractivity contribution is -0.143. The monoisotopic (exact) mass is 371 g/mol. The van der Waals surface area contributed by atoms with Crippen molar-refractivity contribution in [3.63, 3.8) is 0 Å². The van der Waals surface area contributed by atoms with Crippen molar-refractivity contribution in [3.05, 3.63) is 35.4 Å². The van der Waals surface area contributed by atoms with Crippen molar-refractivity contribution in [2.45, 2.75) is 50.6 Å². The van der Waals surface area contributed by atoms with Crippen LogP contribution in [0.4, 0.5) is 13.2 Å². The number of nitrogens with zero attached hydrogens (tertiary/aromatic N) is 1. The van der Waals surface area contributed by atoms with E-state index >= 15 is 0 Å². The summed E-state index contributed by atoms with van der Waals surface area (Å²) in [4.78, 5) is 25.8. The van der Waals surface area contributed by atoms with Gasteiger partial charge in [0.25, 0.3) is 5.91 Å². The summed E-state index contributed by atoms with van der Waals surface area (Å²) in [5.74, 6) is -1.34. The van der Waals surface area contributed by atoms with E-state index in [-0.39, 0.29) is 12.2 Å². The van der Waals surface area contributed by atoms with Crippen molar-refractivity contribution >= 4 is 11.9 Å². The van der Waals surface area contributed by atoms with Crippen LogP contribution in [0.3, 0.4) is 0 Å². The summed E-state index contributed by atoms with van der Waals surface area (Å²) < 4.78 is 43.9. The number of carboxylic acid groups (broad SMARTS) is 1. The topological polar surface area (TPSA) is 66.8 Å². The third kappa shape index (κ3) is 3.30. The molecule has 0 aromatic heterocycles. The fourth-order valence-corrected chi connectivity index (χ4v) is 3.71. The first kappa shape index (κ1) is 18.7. The van der Waals surface area contributed by atoms with Gasteiger partial charge >= 0.3 is 12.1 Å². The zero-order chi connectivity index (χ0) is 19.1. The van der Waals surface area contributed by atoms with Gasteiger partial charge in [0, 0.05) is 5.56 Å². The molecule has 1 atom stereocenters. The molecule has 1 amide bonds. The second-order valence-electron chi connectivity index (χ2n) is 7.04. The van der Waals surface area contributed by atoms with Gasteiger partial charge in [0.2, 0.25) is 0 Å². The van der Waals surface area contributed by atoms with Gasteiger partial charge in [0.1, 0.15) is 5.72 Å². The molecule has 0 unspecified atom stereocenters. The highest BCUT2D eigenvalue weighted by Gasteiger charge is 2.53. The number of carbonyl (C=O) groups excluding carboxylic acids is 1. The number of alkyl halides is 3. The van der Waals surface area contributed by atoms with Crippen LogP contribution in [0.2, 0.25) is 0 Å². The Balaban J connectivity index is 1.91. The van der Waals surface area contributed by atoms with Gasteiger partial charge < -0.3 is 9.84 Å². The number of hydrogen-bond acceptors (Lipinski definition) is 3. The van der Waals surface area contributed by atoms with E-state index < -0.39 is 35.4 Å². The van der Waals surface area contributed by atoms with Crippen molar-refractivity contribution in [1.82, 2.24) is 4.90 Å². The Morgan fingerprint density at radius 1 is 1.19 bits per heavy atom. The highest BCUT2D eigenvalue weighted by molar-refractivity contribution is 5.97. The Hall–Kier alpha value is -2.09. The summed E-state index contributed by atoms with van der Waals surface area (Å²) in [5.41, 5.74) is -1.83. The fourth-order valence-electron chi connectivity index (χ4n) is 3.71. The summed E-state index contributed by atoms with van der Waals surface area (Å²) in [6.45, 7) is 1.97. The van der Waals surface area contributed by atoms with Gasteiger partial charge in [-0.1, -0.05) is 6.92 Å². The number of ether oxygens (including phenoxy) is 1. The lowest BCUT2D eigenvalue weighted by atomic mass is 9.83. The second kappa shape index (κ2) is 6.57. The van der Waals surface area contributed by atoms with Crippen LogP contribution >= 0.6 is 0 Å². The molecule has 1 aliphatic heterocycles. The highest BCUT2D eigenvalue weighted by Crippen LogP contribution is 2.43. The molecule has 142 valence electrons. The normalized spacial score (nSPS) is 29.2. The largest absolute Gasteiger partial charge is 0.480 e. The third-order valence-corrected chi connectivity index (χ3v) is 5.28. The first-order valence-corrected chi connectivity index (χ1v) is 8.52. The molecule has 2 fully saturated rings. The van der Waals surface area contributed by atoms with Gasteiger partial charge in [-0.05, 0) is 55.9 Å². The number of hydrogen-bond donors (Lipinski definition) is 1. The molecule has 8 heteroatoms. The second-order valence-corrected chi connectivity index (χ2v) is 7.04. The quantitative estimate of drug-likeness (QED) is 0.864. The molecule has 1 aromatic carbocycles. The van der Waals surface area contributed by atoms with E-state index in [0.29, 0.717) is 18.8 Å². The number of benzene rings is 1. The van der Waals surface area contributed by atoms with E-state index in [2.05, 4.69) is 6.92 Å². The average Bonchev–Trinajstić information content (AvgIpc) is 2.96. The predicted octanol–water partition coefficient (Wildman–Crippen LogP) is 3.54. The fraction of sp³-hybridized carbons (Fsp3) is 0.556. The maximum absolute atomic E-state index is 13.0. The number of rotatable bonds is 2. The van der Waals surface area contributed by atoms with Crippen LogP contribution in [0, 0.1) is 5.92 Å². The standard InChI is InChI=1S/C18H20F3NO4/c1-11-6-8-17(9-7-11)22(14(10-26-17)16(24)25)15(23)12-2-4-13(5-3-12)18(19,20)21/h2-5,11,14H,6-10H2,1H3,(H,24,25)/t11?,14-,17?/m0/s1. The maximum atomic E-state index is 13.0. The minimum Gasteiger partial charge on any atom is -0.480 e. The minimum absolute atomic E-state index is 0.0211. The molecule has 1 N–H and O–H groups in total. The zero-order valence-corrected chi connectivity index (χ0v) is 14.3. The third-order valence-electron chi connectivity index (χ3n) is 5.28. The van der Waals surface area contributed by atoms with Crippen LogP contribution in [-0.4, -0.2) is 40.3 Å². The summed E-state index contributed by atoms with van der Waals surface area (Å²) in [5, 5.41) is 9.47. The van der Waals surface area contributed by atoms with Crippen LogP contribution in [-0.2, 0) is 15.7 Å². The van der Waals surface area contributed by atoms with Crippen molar-refractivity contribution < 1.29 is 32.6 Å². The summed E-state index contributed by atoms with van der Waals surface area (Å²) in [6.07, 6.45) is -1.87. The predicted molar refractivity (Wildman–Crippen MR) is 85.4 cm³/mol. The van der Waals surface area contributed by atoms with Crippen LogP contribution in [0.15, 0.2) is 24.3 Å². The first-order valence-electron chi connectivity index (χ1n) is 8.52. The Bertz CT molecular complexity index is 693. The molecular formula is C18H20F3NO4. The van der Waals surface area contributed by atoms with Crippen molar-refractivity contribution in [2.75, 3.05) is 6.61 Å². The molecule has 1 saturated carbocycles. The van der Waals surface area contributed by atoms with Crippen molar-refractivity contribution in [3.8, 4) is 0 Å². The van der Waals surface area contributed by atoms with Gasteiger partial charge in [0.05, 0.1) is 12.2 Å². The van der Waals surface area contributed by atoms with Crippen LogP contribution in [0.5, 0.6) is 0 Å². The summed E-state index contributed by atoms with van der Waals surface area (Å²) in [7, 11) is 0. The summed E-state index contributed by atoms with van der Waals surface area (Å²) >= 11 is 0. The molecule has 1 aromatic rings. The number of aliphatic carboxylic acids is 1. The zero-order valence-electron chi connectivity index (χ0n) is 14.3. The van der Waals surface area contributed by atoms with Crippen molar-refractivity contribution in [1.29, 1.82) is 0 Å². The maximum Gasteiger partial charge on any atom is 0.416 e. The molecule has 3 rings (SSSR count). The molecule has 0 radical (unpaired) electrons. The number of carbonyl (C=O) groups is 2. The molecule has 0 bridgehead atoms. The summed E-state index contributed by atoms with van der Waals surface area (Å²) in [6, 6.07) is 2.69. The Morgan fingerprint density at radius 2 is 1.77 bits per heavy atom. The molecule has 2 aliphatic rings. The lowest BCUT2D eigenvalue weighted by Gasteiger charge is -2.42. The smallest absolute Gasteiger partial charge is 0.416 e. The molecule has 1 heterocycles. The van der Waals surface area contributed by atoms with Gasteiger partial charge in [-0.3, -0.25) is 9.69 Å². The number of amides is 1. The first-order chi connectivity index (χ1) is 12.1. The van der Waals surface area contributed by atoms with E-state index in [1.807, 2.05) is 0 Å².